The van der Waals surface area contributed by atoms with E-state index in [2.05, 4.69) is 0 Å². The van der Waals surface area contributed by atoms with E-state index in [-0.39, 0.29) is 11.0 Å². The minimum Gasteiger partial charge on any atom is -0.452 e. The number of carbonyl (C=O) groups is 1. The molecule has 0 aliphatic carbocycles. The molecule has 1 rings (SSSR count). The van der Waals surface area contributed by atoms with Gasteiger partial charge in [0.2, 0.25) is 5.22 Å². The molecule has 0 saturated carbocycles. The Morgan fingerprint density at radius 1 is 1.73 bits per heavy atom. The van der Waals surface area contributed by atoms with Gasteiger partial charge in [0.15, 0.2) is 5.78 Å². The molecular formula is C8H9ClO2. The van der Waals surface area contributed by atoms with Crippen molar-refractivity contribution in [2.45, 2.75) is 19.8 Å². The van der Waals surface area contributed by atoms with Crippen molar-refractivity contribution in [2.75, 3.05) is 0 Å². The molecule has 60 valence electrons. The fourth-order valence-corrected chi connectivity index (χ4v) is 1.07. The summed E-state index contributed by atoms with van der Waals surface area (Å²) in [5, 5.41) is 0.198. The first-order chi connectivity index (χ1) is 5.25. The third-order valence-electron chi connectivity index (χ3n) is 1.40. The van der Waals surface area contributed by atoms with Crippen LogP contribution in [0, 0.1) is 0 Å². The van der Waals surface area contributed by atoms with Crippen LogP contribution in [0.1, 0.15) is 30.1 Å². The first-order valence-electron chi connectivity index (χ1n) is 3.52. The third-order valence-corrected chi connectivity index (χ3v) is 1.69. The maximum Gasteiger partial charge on any atom is 0.203 e. The van der Waals surface area contributed by atoms with Gasteiger partial charge in [-0.05, 0) is 24.1 Å². The van der Waals surface area contributed by atoms with E-state index < -0.39 is 0 Å². The summed E-state index contributed by atoms with van der Waals surface area (Å²) < 4.78 is 4.78. The van der Waals surface area contributed by atoms with E-state index in [0.29, 0.717) is 12.0 Å². The van der Waals surface area contributed by atoms with Gasteiger partial charge in [-0.25, -0.2) is 0 Å². The highest BCUT2D eigenvalue weighted by atomic mass is 35.5. The number of furan rings is 1. The van der Waals surface area contributed by atoms with Crippen molar-refractivity contribution < 1.29 is 9.21 Å². The van der Waals surface area contributed by atoms with Crippen LogP contribution < -0.4 is 0 Å². The smallest absolute Gasteiger partial charge is 0.203 e. The van der Waals surface area contributed by atoms with Gasteiger partial charge in [0.1, 0.15) is 0 Å². The monoisotopic (exact) mass is 172 g/mol. The van der Waals surface area contributed by atoms with Crippen LogP contribution in [0.3, 0.4) is 0 Å². The van der Waals surface area contributed by atoms with E-state index in [1.54, 1.807) is 6.07 Å². The maximum atomic E-state index is 11.2. The Morgan fingerprint density at radius 2 is 2.45 bits per heavy atom. The molecule has 0 unspecified atom stereocenters. The Hall–Kier alpha value is -0.760. The van der Waals surface area contributed by atoms with Crippen molar-refractivity contribution in [2.24, 2.45) is 0 Å². The van der Waals surface area contributed by atoms with Gasteiger partial charge in [-0.1, -0.05) is 6.92 Å². The maximum absolute atomic E-state index is 11.2. The quantitative estimate of drug-likeness (QED) is 0.657. The van der Waals surface area contributed by atoms with Gasteiger partial charge >= 0.3 is 0 Å². The SMILES string of the molecule is CCCC(=O)c1ccoc1Cl. The molecule has 3 heteroatoms. The molecule has 0 radical (unpaired) electrons. The summed E-state index contributed by atoms with van der Waals surface area (Å²) in [4.78, 5) is 11.2. The largest absolute Gasteiger partial charge is 0.452 e. The summed E-state index contributed by atoms with van der Waals surface area (Å²) in [6.07, 6.45) is 2.78. The van der Waals surface area contributed by atoms with Crippen LogP contribution in [0.2, 0.25) is 5.22 Å². The number of hydrogen-bond acceptors (Lipinski definition) is 2. The molecule has 0 aliphatic rings. The van der Waals surface area contributed by atoms with Gasteiger partial charge in [-0.3, -0.25) is 4.79 Å². The van der Waals surface area contributed by atoms with Gasteiger partial charge in [0, 0.05) is 6.42 Å². The Bertz CT molecular complexity index is 252. The summed E-state index contributed by atoms with van der Waals surface area (Å²) in [5.74, 6) is 0.0475. The lowest BCUT2D eigenvalue weighted by molar-refractivity contribution is 0.0981. The van der Waals surface area contributed by atoms with Gasteiger partial charge in [-0.2, -0.15) is 0 Å². The molecule has 1 aromatic rings. The van der Waals surface area contributed by atoms with E-state index in [0.717, 1.165) is 6.42 Å². The molecule has 0 saturated heterocycles. The number of rotatable bonds is 3. The van der Waals surface area contributed by atoms with E-state index >= 15 is 0 Å². The fourth-order valence-electron chi connectivity index (χ4n) is 0.855. The Morgan fingerprint density at radius 3 is 2.91 bits per heavy atom. The minimum absolute atomic E-state index is 0.0475. The van der Waals surface area contributed by atoms with Crippen LogP contribution in [0.25, 0.3) is 0 Å². The van der Waals surface area contributed by atoms with Crippen LogP contribution in [0.4, 0.5) is 0 Å². The van der Waals surface area contributed by atoms with E-state index in [1.165, 1.54) is 6.26 Å². The predicted molar refractivity (Wildman–Crippen MR) is 43.0 cm³/mol. The van der Waals surface area contributed by atoms with E-state index in [4.69, 9.17) is 16.0 Å². The zero-order chi connectivity index (χ0) is 8.27. The molecule has 0 bridgehead atoms. The standard InChI is InChI=1S/C8H9ClO2/c1-2-3-7(10)6-4-5-11-8(6)9/h4-5H,2-3H2,1H3. The van der Waals surface area contributed by atoms with Crippen molar-refractivity contribution in [3.63, 3.8) is 0 Å². The Labute approximate surface area is 70.2 Å². The highest BCUT2D eigenvalue weighted by Crippen LogP contribution is 2.18. The number of ketones is 1. The van der Waals surface area contributed by atoms with Gasteiger partial charge in [0.05, 0.1) is 11.8 Å². The summed E-state index contributed by atoms with van der Waals surface area (Å²) in [5.41, 5.74) is 0.494. The fraction of sp³-hybridized carbons (Fsp3) is 0.375. The molecular weight excluding hydrogens is 164 g/mol. The summed E-state index contributed by atoms with van der Waals surface area (Å²) in [7, 11) is 0. The van der Waals surface area contributed by atoms with Crippen molar-refractivity contribution in [1.82, 2.24) is 0 Å². The second-order valence-electron chi connectivity index (χ2n) is 2.28. The number of Topliss-reactive ketones (excluding diaryl/α,β-unsaturated/α-hetero) is 1. The molecule has 0 N–H and O–H groups in total. The average molecular weight is 173 g/mol. The first-order valence-corrected chi connectivity index (χ1v) is 3.89. The summed E-state index contributed by atoms with van der Waals surface area (Å²) >= 11 is 5.58. The van der Waals surface area contributed by atoms with Crippen molar-refractivity contribution in [3.05, 3.63) is 23.1 Å². The topological polar surface area (TPSA) is 30.2 Å². The zero-order valence-electron chi connectivity index (χ0n) is 6.26. The van der Waals surface area contributed by atoms with Crippen molar-refractivity contribution in [3.8, 4) is 0 Å². The summed E-state index contributed by atoms with van der Waals surface area (Å²) in [6.45, 7) is 1.95. The van der Waals surface area contributed by atoms with Crippen LogP contribution in [-0.4, -0.2) is 5.78 Å². The molecule has 1 heterocycles. The van der Waals surface area contributed by atoms with Crippen molar-refractivity contribution >= 4 is 17.4 Å². The molecule has 0 spiro atoms. The molecule has 1 aromatic heterocycles. The average Bonchev–Trinajstić information content (AvgIpc) is 2.36. The van der Waals surface area contributed by atoms with Crippen LogP contribution in [0.15, 0.2) is 16.7 Å². The lowest BCUT2D eigenvalue weighted by Gasteiger charge is -1.92. The number of hydrogen-bond donors (Lipinski definition) is 0. The van der Waals surface area contributed by atoms with Gasteiger partial charge in [0.25, 0.3) is 0 Å². The first kappa shape index (κ1) is 8.34. The lowest BCUT2D eigenvalue weighted by Crippen LogP contribution is -1.95. The highest BCUT2D eigenvalue weighted by Gasteiger charge is 2.10. The molecule has 11 heavy (non-hydrogen) atoms. The Kier molecular flexibility index (Phi) is 2.71. The normalized spacial score (nSPS) is 10.0. The molecule has 0 aliphatic heterocycles. The summed E-state index contributed by atoms with van der Waals surface area (Å²) in [6, 6.07) is 1.60. The van der Waals surface area contributed by atoms with Crippen molar-refractivity contribution in [1.29, 1.82) is 0 Å². The highest BCUT2D eigenvalue weighted by molar-refractivity contribution is 6.32. The number of carbonyl (C=O) groups excluding carboxylic acids is 1. The van der Waals surface area contributed by atoms with E-state index in [9.17, 15) is 4.79 Å². The molecule has 0 fully saturated rings. The molecule has 0 amide bonds. The van der Waals surface area contributed by atoms with Crippen LogP contribution in [0.5, 0.6) is 0 Å². The van der Waals surface area contributed by atoms with Gasteiger partial charge < -0.3 is 4.42 Å². The molecule has 0 atom stereocenters. The molecule has 0 aromatic carbocycles. The second kappa shape index (κ2) is 3.58. The third kappa shape index (κ3) is 1.84. The zero-order valence-corrected chi connectivity index (χ0v) is 7.02. The van der Waals surface area contributed by atoms with Crippen LogP contribution in [-0.2, 0) is 0 Å². The second-order valence-corrected chi connectivity index (χ2v) is 2.62. The van der Waals surface area contributed by atoms with Gasteiger partial charge in [-0.15, -0.1) is 0 Å². The predicted octanol–water partition coefficient (Wildman–Crippen LogP) is 2.92. The number of halogens is 1. The van der Waals surface area contributed by atoms with E-state index in [1.807, 2.05) is 6.92 Å². The lowest BCUT2D eigenvalue weighted by atomic mass is 10.1. The minimum atomic E-state index is 0.0475. The Balaban J connectivity index is 2.76. The van der Waals surface area contributed by atoms with Crippen LogP contribution >= 0.6 is 11.6 Å². The molecule has 2 nitrogen and oxygen atoms in total.